The second-order valence-corrected chi connectivity index (χ2v) is 6.67. The quantitative estimate of drug-likeness (QED) is 0.838. The van der Waals surface area contributed by atoms with E-state index in [-0.39, 0.29) is 12.1 Å². The molecule has 24 heavy (non-hydrogen) atoms. The summed E-state index contributed by atoms with van der Waals surface area (Å²) in [6.45, 7) is 2.89. The van der Waals surface area contributed by atoms with Crippen LogP contribution in [-0.4, -0.2) is 18.7 Å². The molecule has 0 spiro atoms. The van der Waals surface area contributed by atoms with Crippen molar-refractivity contribution in [2.45, 2.75) is 24.5 Å². The highest BCUT2D eigenvalue weighted by Gasteiger charge is 2.26. The van der Waals surface area contributed by atoms with Crippen LogP contribution in [0.5, 0.6) is 0 Å². The normalized spacial score (nSPS) is 17.4. The summed E-state index contributed by atoms with van der Waals surface area (Å²) < 4.78 is 5.83. The number of benzene rings is 2. The smallest absolute Gasteiger partial charge is 0.319 e. The van der Waals surface area contributed by atoms with Gasteiger partial charge in [-0.05, 0) is 24.6 Å². The fourth-order valence-corrected chi connectivity index (χ4v) is 3.52. The van der Waals surface area contributed by atoms with E-state index in [2.05, 4.69) is 22.8 Å². The maximum Gasteiger partial charge on any atom is 0.319 e. The lowest BCUT2D eigenvalue weighted by molar-refractivity contribution is 0.108. The number of ether oxygens (including phenoxy) is 1. The molecule has 2 aromatic rings. The Bertz CT molecular complexity index is 717. The van der Waals surface area contributed by atoms with E-state index in [1.807, 2.05) is 55.5 Å². The lowest BCUT2D eigenvalue weighted by Crippen LogP contribution is -2.49. The van der Waals surface area contributed by atoms with E-state index >= 15 is 0 Å². The molecule has 0 aliphatic carbocycles. The molecule has 4 nitrogen and oxygen atoms in total. The molecule has 1 aliphatic heterocycles. The van der Waals surface area contributed by atoms with Gasteiger partial charge in [-0.15, -0.1) is 0 Å². The minimum Gasteiger partial charge on any atom is -0.374 e. The van der Waals surface area contributed by atoms with Gasteiger partial charge in [-0.3, -0.25) is 0 Å². The monoisotopic (exact) mass is 340 g/mol. The van der Waals surface area contributed by atoms with Gasteiger partial charge in [0, 0.05) is 15.5 Å². The number of hydrogen-bond acceptors (Lipinski definition) is 3. The summed E-state index contributed by atoms with van der Waals surface area (Å²) in [6, 6.07) is 19.8. The zero-order valence-electron chi connectivity index (χ0n) is 13.5. The molecule has 0 bridgehead atoms. The lowest BCUT2D eigenvalue weighted by atomic mass is 10.2. The summed E-state index contributed by atoms with van der Waals surface area (Å²) in [4.78, 5) is 14.0. The number of nitrogens with one attached hydrogen (secondary N) is 2. The van der Waals surface area contributed by atoms with Crippen LogP contribution in [0.25, 0.3) is 0 Å². The lowest BCUT2D eigenvalue weighted by Gasteiger charge is -2.28. The van der Waals surface area contributed by atoms with E-state index in [9.17, 15) is 4.79 Å². The van der Waals surface area contributed by atoms with Gasteiger partial charge in [0.25, 0.3) is 0 Å². The summed E-state index contributed by atoms with van der Waals surface area (Å²) >= 11 is 1.65. The van der Waals surface area contributed by atoms with E-state index in [1.165, 1.54) is 0 Å². The van der Waals surface area contributed by atoms with Crippen molar-refractivity contribution in [1.82, 2.24) is 10.6 Å². The van der Waals surface area contributed by atoms with Gasteiger partial charge in [0.1, 0.15) is 0 Å². The van der Waals surface area contributed by atoms with Crippen LogP contribution in [0, 0.1) is 0 Å². The first-order chi connectivity index (χ1) is 11.7. The van der Waals surface area contributed by atoms with Gasteiger partial charge in [0.05, 0.1) is 19.3 Å². The molecule has 5 heteroatoms. The van der Waals surface area contributed by atoms with E-state index in [1.54, 1.807) is 11.8 Å². The number of urea groups is 1. The fraction of sp³-hybridized carbons (Fsp3) is 0.211. The Labute approximate surface area is 146 Å². The highest BCUT2D eigenvalue weighted by Crippen LogP contribution is 2.32. The molecule has 0 saturated heterocycles. The van der Waals surface area contributed by atoms with Gasteiger partial charge >= 0.3 is 6.03 Å². The maximum absolute atomic E-state index is 11.8. The number of amides is 2. The first-order valence-electron chi connectivity index (χ1n) is 7.85. The zero-order valence-corrected chi connectivity index (χ0v) is 14.3. The molecule has 0 radical (unpaired) electrons. The number of carbonyl (C=O) groups is 1. The standard InChI is InChI=1S/C19H20N2O2S/c1-14-18(24-16-10-6-3-7-11-16)17(21-19(22)20-14)13-23-12-15-8-4-2-5-9-15/h2-11,17H,12-13H2,1H3,(H2,20,21,22)/t17-/m0/s1. The molecule has 0 aromatic heterocycles. The predicted molar refractivity (Wildman–Crippen MR) is 96.6 cm³/mol. The molecule has 1 atom stereocenters. The Morgan fingerprint density at radius 1 is 1.04 bits per heavy atom. The van der Waals surface area contributed by atoms with Crippen molar-refractivity contribution in [3.8, 4) is 0 Å². The first-order valence-corrected chi connectivity index (χ1v) is 8.67. The van der Waals surface area contributed by atoms with Crippen molar-refractivity contribution in [3.63, 3.8) is 0 Å². The number of thioether (sulfide) groups is 1. The summed E-state index contributed by atoms with van der Waals surface area (Å²) in [5.74, 6) is 0. The van der Waals surface area contributed by atoms with Gasteiger partial charge in [0.2, 0.25) is 0 Å². The highest BCUT2D eigenvalue weighted by atomic mass is 32.2. The molecule has 1 heterocycles. The van der Waals surface area contributed by atoms with Crippen LogP contribution in [0.3, 0.4) is 0 Å². The molecule has 0 unspecified atom stereocenters. The van der Waals surface area contributed by atoms with E-state index in [4.69, 9.17) is 4.74 Å². The third-order valence-electron chi connectivity index (χ3n) is 3.66. The van der Waals surface area contributed by atoms with Crippen LogP contribution in [0.2, 0.25) is 0 Å². The van der Waals surface area contributed by atoms with Crippen LogP contribution in [-0.2, 0) is 11.3 Å². The molecular weight excluding hydrogens is 320 g/mol. The third-order valence-corrected chi connectivity index (χ3v) is 4.98. The summed E-state index contributed by atoms with van der Waals surface area (Å²) in [6.07, 6.45) is 0. The Morgan fingerprint density at radius 3 is 2.42 bits per heavy atom. The first kappa shape index (κ1) is 16.6. The van der Waals surface area contributed by atoms with Gasteiger partial charge in [-0.1, -0.05) is 60.3 Å². The van der Waals surface area contributed by atoms with Gasteiger partial charge in [-0.25, -0.2) is 4.79 Å². The topological polar surface area (TPSA) is 50.4 Å². The zero-order chi connectivity index (χ0) is 16.8. The van der Waals surface area contributed by atoms with Crippen molar-refractivity contribution >= 4 is 17.8 Å². The van der Waals surface area contributed by atoms with Crippen LogP contribution in [0.4, 0.5) is 4.79 Å². The molecule has 2 amide bonds. The Kier molecular flexibility index (Phi) is 5.56. The van der Waals surface area contributed by atoms with Crippen molar-refractivity contribution in [3.05, 3.63) is 76.8 Å². The van der Waals surface area contributed by atoms with Crippen molar-refractivity contribution < 1.29 is 9.53 Å². The molecule has 2 N–H and O–H groups in total. The Morgan fingerprint density at radius 2 is 1.71 bits per heavy atom. The summed E-state index contributed by atoms with van der Waals surface area (Å²) in [5, 5.41) is 5.79. The second kappa shape index (κ2) is 8.04. The van der Waals surface area contributed by atoms with Gasteiger partial charge < -0.3 is 15.4 Å². The molecule has 1 aliphatic rings. The third kappa shape index (κ3) is 4.40. The molecule has 2 aromatic carbocycles. The molecular formula is C19H20N2O2S. The molecule has 0 saturated carbocycles. The number of allylic oxidation sites excluding steroid dienone is 1. The van der Waals surface area contributed by atoms with E-state index in [0.29, 0.717) is 13.2 Å². The molecule has 3 rings (SSSR count). The number of carbonyl (C=O) groups excluding carboxylic acids is 1. The summed E-state index contributed by atoms with van der Waals surface area (Å²) in [7, 11) is 0. The molecule has 0 fully saturated rings. The summed E-state index contributed by atoms with van der Waals surface area (Å²) in [5.41, 5.74) is 2.00. The van der Waals surface area contributed by atoms with Crippen LogP contribution in [0.15, 0.2) is 76.2 Å². The number of hydrogen-bond donors (Lipinski definition) is 2. The van der Waals surface area contributed by atoms with Gasteiger partial charge in [-0.2, -0.15) is 0 Å². The van der Waals surface area contributed by atoms with Crippen molar-refractivity contribution in [2.24, 2.45) is 0 Å². The number of rotatable bonds is 6. The predicted octanol–water partition coefficient (Wildman–Crippen LogP) is 3.91. The fourth-order valence-electron chi connectivity index (χ4n) is 2.50. The highest BCUT2D eigenvalue weighted by molar-refractivity contribution is 8.03. The Balaban J connectivity index is 1.67. The van der Waals surface area contributed by atoms with Crippen LogP contribution < -0.4 is 10.6 Å². The Hall–Kier alpha value is -2.24. The average Bonchev–Trinajstić information content (AvgIpc) is 2.60. The largest absolute Gasteiger partial charge is 0.374 e. The van der Waals surface area contributed by atoms with Crippen LogP contribution >= 0.6 is 11.8 Å². The van der Waals surface area contributed by atoms with E-state index < -0.39 is 0 Å². The maximum atomic E-state index is 11.8. The average molecular weight is 340 g/mol. The van der Waals surface area contributed by atoms with Crippen molar-refractivity contribution in [2.75, 3.05) is 6.61 Å². The minimum atomic E-state index is -0.182. The minimum absolute atomic E-state index is 0.146. The molecule has 124 valence electrons. The van der Waals surface area contributed by atoms with Crippen molar-refractivity contribution in [1.29, 1.82) is 0 Å². The second-order valence-electron chi connectivity index (χ2n) is 5.56. The van der Waals surface area contributed by atoms with E-state index in [0.717, 1.165) is 21.1 Å². The SMILES string of the molecule is CC1=C(Sc2ccccc2)[C@H](COCc2ccccc2)NC(=O)N1. The van der Waals surface area contributed by atoms with Crippen LogP contribution in [0.1, 0.15) is 12.5 Å². The van der Waals surface area contributed by atoms with Gasteiger partial charge in [0.15, 0.2) is 0 Å².